The number of carbonyl (C=O) groups is 2. The van der Waals surface area contributed by atoms with Gasteiger partial charge in [0.1, 0.15) is 11.5 Å². The van der Waals surface area contributed by atoms with Crippen LogP contribution in [0.5, 0.6) is 0 Å². The van der Waals surface area contributed by atoms with Gasteiger partial charge in [0.25, 0.3) is 5.91 Å². The van der Waals surface area contributed by atoms with Crippen molar-refractivity contribution < 1.29 is 14.0 Å². The molecule has 33 heavy (non-hydrogen) atoms. The van der Waals surface area contributed by atoms with Crippen molar-refractivity contribution >= 4 is 40.5 Å². The van der Waals surface area contributed by atoms with E-state index in [1.54, 1.807) is 6.08 Å². The Morgan fingerprint density at radius 2 is 1.67 bits per heavy atom. The number of rotatable bonds is 6. The molecule has 0 saturated heterocycles. The summed E-state index contributed by atoms with van der Waals surface area (Å²) < 4.78 is 13.4. The molecule has 3 aromatic carbocycles. The van der Waals surface area contributed by atoms with Crippen molar-refractivity contribution in [1.82, 2.24) is 5.32 Å². The van der Waals surface area contributed by atoms with Crippen molar-refractivity contribution in [2.45, 2.75) is 13.0 Å². The molecule has 166 valence electrons. The molecule has 0 bridgehead atoms. The number of halogens is 1. The summed E-state index contributed by atoms with van der Waals surface area (Å²) in [5.74, 6) is -0.817. The first-order valence-electron chi connectivity index (χ1n) is 10.4. The number of nitrogens with zero attached hydrogens (tertiary/aromatic N) is 2. The molecule has 1 atom stereocenters. The third-order valence-electron chi connectivity index (χ3n) is 5.03. The zero-order chi connectivity index (χ0) is 23.2. The molecule has 0 spiro atoms. The Morgan fingerprint density at radius 1 is 1.03 bits per heavy atom. The molecular weight excluding hydrogens is 437 g/mol. The molecule has 0 aliphatic carbocycles. The van der Waals surface area contributed by atoms with Gasteiger partial charge in [0.15, 0.2) is 5.17 Å². The second kappa shape index (κ2) is 10.3. The average Bonchev–Trinajstić information content (AvgIpc) is 3.14. The summed E-state index contributed by atoms with van der Waals surface area (Å²) in [5, 5.41) is 3.33. The van der Waals surface area contributed by atoms with Crippen LogP contribution in [-0.4, -0.2) is 22.7 Å². The minimum Gasteiger partial charge on any atom is -0.349 e. The van der Waals surface area contributed by atoms with Gasteiger partial charge in [-0.2, -0.15) is 0 Å². The zero-order valence-electron chi connectivity index (χ0n) is 17.9. The van der Waals surface area contributed by atoms with Crippen LogP contribution >= 0.6 is 11.8 Å². The van der Waals surface area contributed by atoms with Crippen molar-refractivity contribution in [2.24, 2.45) is 4.99 Å². The molecule has 0 saturated carbocycles. The molecular formula is C26H22FN3O2S. The number of amides is 2. The largest absolute Gasteiger partial charge is 0.349 e. The van der Waals surface area contributed by atoms with E-state index < -0.39 is 5.82 Å². The van der Waals surface area contributed by atoms with Crippen molar-refractivity contribution in [1.29, 1.82) is 0 Å². The molecule has 0 fully saturated rings. The monoisotopic (exact) mass is 459 g/mol. The van der Waals surface area contributed by atoms with Crippen molar-refractivity contribution in [3.05, 3.63) is 108 Å². The van der Waals surface area contributed by atoms with Gasteiger partial charge in [-0.15, -0.1) is 0 Å². The number of hydrogen-bond acceptors (Lipinski definition) is 4. The van der Waals surface area contributed by atoms with Crippen LogP contribution in [0.2, 0.25) is 0 Å². The smallest absolute Gasteiger partial charge is 0.283 e. The van der Waals surface area contributed by atoms with E-state index in [-0.39, 0.29) is 29.3 Å². The SMILES string of the molecule is C[C@@H](NC(=O)CSC1=N/C(=C/c2ccccc2)C(=O)N1c1ccc(F)cc1)c1ccccc1. The van der Waals surface area contributed by atoms with E-state index in [0.29, 0.717) is 10.9 Å². The number of nitrogens with one attached hydrogen (secondary N) is 1. The van der Waals surface area contributed by atoms with Gasteiger partial charge in [0.2, 0.25) is 5.91 Å². The lowest BCUT2D eigenvalue weighted by atomic mass is 10.1. The van der Waals surface area contributed by atoms with E-state index in [2.05, 4.69) is 10.3 Å². The number of amidine groups is 1. The zero-order valence-corrected chi connectivity index (χ0v) is 18.8. The standard InChI is InChI=1S/C26H22FN3O2S/c1-18(20-10-6-3-7-11-20)28-24(31)17-33-26-29-23(16-19-8-4-2-5-9-19)25(32)30(26)22-14-12-21(27)13-15-22/h2-16,18H,17H2,1H3,(H,28,31)/b23-16+/t18-/m1/s1. The first-order valence-corrected chi connectivity index (χ1v) is 11.4. The summed E-state index contributed by atoms with van der Waals surface area (Å²) in [6, 6.07) is 24.5. The van der Waals surface area contributed by atoms with Gasteiger partial charge in [0.05, 0.1) is 17.5 Å². The van der Waals surface area contributed by atoms with Gasteiger partial charge in [-0.05, 0) is 48.4 Å². The number of thioether (sulfide) groups is 1. The molecule has 0 unspecified atom stereocenters. The molecule has 5 nitrogen and oxygen atoms in total. The Labute approximate surface area is 196 Å². The topological polar surface area (TPSA) is 61.8 Å². The number of hydrogen-bond donors (Lipinski definition) is 1. The second-order valence-corrected chi connectivity index (χ2v) is 8.38. The first kappa shape index (κ1) is 22.5. The van der Waals surface area contributed by atoms with Crippen molar-refractivity contribution in [3.8, 4) is 0 Å². The second-order valence-electron chi connectivity index (χ2n) is 7.44. The summed E-state index contributed by atoms with van der Waals surface area (Å²) in [6.07, 6.45) is 1.70. The highest BCUT2D eigenvalue weighted by atomic mass is 32.2. The number of benzene rings is 3. The van der Waals surface area contributed by atoms with E-state index in [4.69, 9.17) is 0 Å². The first-order chi connectivity index (χ1) is 16.0. The van der Waals surface area contributed by atoms with Crippen LogP contribution in [0, 0.1) is 5.82 Å². The van der Waals surface area contributed by atoms with E-state index in [9.17, 15) is 14.0 Å². The van der Waals surface area contributed by atoms with E-state index in [1.807, 2.05) is 67.6 Å². The van der Waals surface area contributed by atoms with Crippen LogP contribution < -0.4 is 10.2 Å². The summed E-state index contributed by atoms with van der Waals surface area (Å²) in [6.45, 7) is 1.92. The summed E-state index contributed by atoms with van der Waals surface area (Å²) in [4.78, 5) is 31.6. The molecule has 7 heteroatoms. The summed E-state index contributed by atoms with van der Waals surface area (Å²) in [7, 11) is 0. The molecule has 0 radical (unpaired) electrons. The van der Waals surface area contributed by atoms with Gasteiger partial charge < -0.3 is 5.32 Å². The molecule has 0 aromatic heterocycles. The molecule has 3 aromatic rings. The fourth-order valence-electron chi connectivity index (χ4n) is 3.36. The molecule has 1 aliphatic rings. The van der Waals surface area contributed by atoms with Crippen LogP contribution in [0.15, 0.2) is 95.6 Å². The third kappa shape index (κ3) is 5.56. The summed E-state index contributed by atoms with van der Waals surface area (Å²) >= 11 is 1.16. The van der Waals surface area contributed by atoms with Gasteiger partial charge in [-0.3, -0.25) is 14.5 Å². The van der Waals surface area contributed by atoms with Crippen LogP contribution in [0.1, 0.15) is 24.1 Å². The Morgan fingerprint density at radius 3 is 2.33 bits per heavy atom. The Kier molecular flexibility index (Phi) is 7.00. The van der Waals surface area contributed by atoms with Gasteiger partial charge >= 0.3 is 0 Å². The molecule has 4 rings (SSSR count). The van der Waals surface area contributed by atoms with Crippen LogP contribution in [0.25, 0.3) is 6.08 Å². The Bertz CT molecular complexity index is 1200. The lowest BCUT2D eigenvalue weighted by Gasteiger charge is -2.18. The fraction of sp³-hybridized carbons (Fsp3) is 0.115. The van der Waals surface area contributed by atoms with Crippen LogP contribution in [0.3, 0.4) is 0 Å². The highest BCUT2D eigenvalue weighted by Gasteiger charge is 2.32. The fourth-order valence-corrected chi connectivity index (χ4v) is 4.18. The quantitative estimate of drug-likeness (QED) is 0.517. The maximum atomic E-state index is 13.4. The maximum absolute atomic E-state index is 13.4. The predicted octanol–water partition coefficient (Wildman–Crippen LogP) is 5.18. The third-order valence-corrected chi connectivity index (χ3v) is 5.97. The number of carbonyl (C=O) groups excluding carboxylic acids is 2. The molecule has 1 aliphatic heterocycles. The lowest BCUT2D eigenvalue weighted by molar-refractivity contribution is -0.119. The van der Waals surface area contributed by atoms with Crippen molar-refractivity contribution in [2.75, 3.05) is 10.7 Å². The highest BCUT2D eigenvalue weighted by Crippen LogP contribution is 2.29. The van der Waals surface area contributed by atoms with E-state index >= 15 is 0 Å². The Balaban J connectivity index is 1.52. The lowest BCUT2D eigenvalue weighted by Crippen LogP contribution is -2.33. The average molecular weight is 460 g/mol. The van der Waals surface area contributed by atoms with Gasteiger partial charge in [-0.1, -0.05) is 72.4 Å². The van der Waals surface area contributed by atoms with Crippen LogP contribution in [0.4, 0.5) is 10.1 Å². The minimum absolute atomic E-state index is 0.0829. The minimum atomic E-state index is -0.397. The van der Waals surface area contributed by atoms with Crippen molar-refractivity contribution in [3.63, 3.8) is 0 Å². The van der Waals surface area contributed by atoms with Gasteiger partial charge in [0, 0.05) is 0 Å². The molecule has 1 N–H and O–H groups in total. The van der Waals surface area contributed by atoms with E-state index in [0.717, 1.165) is 22.9 Å². The summed E-state index contributed by atoms with van der Waals surface area (Å²) in [5.41, 5.74) is 2.59. The molecule has 2 amide bonds. The normalized spacial score (nSPS) is 15.5. The number of aliphatic imine (C=N–C) groups is 1. The van der Waals surface area contributed by atoms with Crippen LogP contribution in [-0.2, 0) is 9.59 Å². The molecule has 1 heterocycles. The van der Waals surface area contributed by atoms with E-state index in [1.165, 1.54) is 29.2 Å². The Hall–Kier alpha value is -3.71. The predicted molar refractivity (Wildman–Crippen MR) is 131 cm³/mol. The number of anilines is 1. The maximum Gasteiger partial charge on any atom is 0.283 e. The van der Waals surface area contributed by atoms with Gasteiger partial charge in [-0.25, -0.2) is 9.38 Å². The highest BCUT2D eigenvalue weighted by molar-refractivity contribution is 8.14.